The van der Waals surface area contributed by atoms with Gasteiger partial charge in [0, 0.05) is 49.5 Å². The Morgan fingerprint density at radius 2 is 2.00 bits per heavy atom. The van der Waals surface area contributed by atoms with E-state index in [1.165, 1.54) is 11.3 Å². The van der Waals surface area contributed by atoms with Gasteiger partial charge >= 0.3 is 0 Å². The number of aromatic nitrogens is 2. The van der Waals surface area contributed by atoms with Crippen LogP contribution in [0, 0.1) is 0 Å². The van der Waals surface area contributed by atoms with E-state index in [2.05, 4.69) is 26.3 Å². The molecule has 0 atom stereocenters. The Kier molecular flexibility index (Phi) is 5.38. The highest BCUT2D eigenvalue weighted by Crippen LogP contribution is 2.24. The first kappa shape index (κ1) is 18.2. The molecule has 3 heterocycles. The van der Waals surface area contributed by atoms with Crippen molar-refractivity contribution in [3.8, 4) is 5.75 Å². The van der Waals surface area contributed by atoms with Gasteiger partial charge in [-0.3, -0.25) is 4.79 Å². The van der Waals surface area contributed by atoms with Crippen molar-refractivity contribution in [3.05, 3.63) is 59.7 Å². The maximum atomic E-state index is 12.8. The lowest BCUT2D eigenvalue weighted by molar-refractivity contribution is 0.0742. The van der Waals surface area contributed by atoms with E-state index in [0.717, 1.165) is 24.5 Å². The molecule has 1 aliphatic heterocycles. The molecular formula is C20H21N5O2S. The van der Waals surface area contributed by atoms with Crippen LogP contribution in [0.2, 0.25) is 0 Å². The SMILES string of the molecule is COc1cccc(N2CCN(C(=O)c3csc(Nc4ccccn4)n3)CC2)c1. The molecule has 1 N–H and O–H groups in total. The molecule has 28 heavy (non-hydrogen) atoms. The maximum absolute atomic E-state index is 12.8. The third kappa shape index (κ3) is 4.07. The maximum Gasteiger partial charge on any atom is 0.273 e. The van der Waals surface area contributed by atoms with E-state index in [-0.39, 0.29) is 5.91 Å². The number of ether oxygens (including phenoxy) is 1. The first-order valence-corrected chi connectivity index (χ1v) is 9.93. The van der Waals surface area contributed by atoms with E-state index in [9.17, 15) is 4.79 Å². The van der Waals surface area contributed by atoms with Crippen LogP contribution in [0.4, 0.5) is 16.6 Å². The number of hydrogen-bond donors (Lipinski definition) is 1. The molecule has 0 radical (unpaired) electrons. The Balaban J connectivity index is 1.36. The van der Waals surface area contributed by atoms with Gasteiger partial charge in [0.2, 0.25) is 0 Å². The molecule has 144 valence electrons. The summed E-state index contributed by atoms with van der Waals surface area (Å²) in [4.78, 5) is 25.6. The summed E-state index contributed by atoms with van der Waals surface area (Å²) < 4.78 is 5.30. The summed E-state index contributed by atoms with van der Waals surface area (Å²) in [5, 5.41) is 5.58. The van der Waals surface area contributed by atoms with Gasteiger partial charge in [-0.1, -0.05) is 12.1 Å². The predicted molar refractivity (Wildman–Crippen MR) is 111 cm³/mol. The Labute approximate surface area is 167 Å². The van der Waals surface area contributed by atoms with Crippen LogP contribution in [-0.2, 0) is 0 Å². The molecule has 0 bridgehead atoms. The molecule has 0 spiro atoms. The number of thiazole rings is 1. The number of carbonyl (C=O) groups excluding carboxylic acids is 1. The van der Waals surface area contributed by atoms with Crippen LogP contribution in [0.15, 0.2) is 54.0 Å². The van der Waals surface area contributed by atoms with Gasteiger partial charge in [0.25, 0.3) is 5.91 Å². The van der Waals surface area contributed by atoms with Gasteiger partial charge in [-0.15, -0.1) is 11.3 Å². The minimum Gasteiger partial charge on any atom is -0.497 e. The average molecular weight is 395 g/mol. The Morgan fingerprint density at radius 1 is 1.14 bits per heavy atom. The zero-order chi connectivity index (χ0) is 19.3. The number of anilines is 3. The van der Waals surface area contributed by atoms with Crippen LogP contribution in [-0.4, -0.2) is 54.1 Å². The molecule has 2 aromatic heterocycles. The van der Waals surface area contributed by atoms with E-state index < -0.39 is 0 Å². The van der Waals surface area contributed by atoms with E-state index in [1.807, 2.05) is 41.3 Å². The molecule has 1 aliphatic rings. The van der Waals surface area contributed by atoms with Gasteiger partial charge in [0.15, 0.2) is 5.13 Å². The van der Waals surface area contributed by atoms with Gasteiger partial charge in [-0.05, 0) is 24.3 Å². The second kappa shape index (κ2) is 8.26. The van der Waals surface area contributed by atoms with Crippen molar-refractivity contribution in [3.63, 3.8) is 0 Å². The van der Waals surface area contributed by atoms with Crippen LogP contribution in [0.1, 0.15) is 10.5 Å². The monoisotopic (exact) mass is 395 g/mol. The van der Waals surface area contributed by atoms with Crippen molar-refractivity contribution in [1.29, 1.82) is 0 Å². The molecule has 8 heteroatoms. The normalized spacial score (nSPS) is 14.0. The number of nitrogens with zero attached hydrogens (tertiary/aromatic N) is 4. The highest BCUT2D eigenvalue weighted by Gasteiger charge is 2.24. The zero-order valence-electron chi connectivity index (χ0n) is 15.5. The fourth-order valence-corrected chi connectivity index (χ4v) is 3.80. The molecule has 0 unspecified atom stereocenters. The van der Waals surface area contributed by atoms with E-state index in [0.29, 0.717) is 29.7 Å². The highest BCUT2D eigenvalue weighted by molar-refractivity contribution is 7.14. The van der Waals surface area contributed by atoms with Crippen molar-refractivity contribution < 1.29 is 9.53 Å². The molecular weight excluding hydrogens is 374 g/mol. The van der Waals surface area contributed by atoms with Crippen LogP contribution >= 0.6 is 11.3 Å². The zero-order valence-corrected chi connectivity index (χ0v) is 16.4. The van der Waals surface area contributed by atoms with Crippen LogP contribution in [0.5, 0.6) is 5.75 Å². The van der Waals surface area contributed by atoms with Crippen molar-refractivity contribution >= 4 is 33.9 Å². The topological polar surface area (TPSA) is 70.6 Å². The van der Waals surface area contributed by atoms with E-state index in [1.54, 1.807) is 18.7 Å². The minimum absolute atomic E-state index is 0.0318. The molecule has 7 nitrogen and oxygen atoms in total. The summed E-state index contributed by atoms with van der Waals surface area (Å²) in [6.07, 6.45) is 1.71. The fourth-order valence-electron chi connectivity index (χ4n) is 3.11. The van der Waals surface area contributed by atoms with E-state index in [4.69, 9.17) is 4.74 Å². The van der Waals surface area contributed by atoms with Crippen molar-refractivity contribution in [2.75, 3.05) is 43.5 Å². The second-order valence-corrected chi connectivity index (χ2v) is 7.22. The molecule has 0 saturated carbocycles. The van der Waals surface area contributed by atoms with Crippen molar-refractivity contribution in [2.45, 2.75) is 0 Å². The van der Waals surface area contributed by atoms with Crippen molar-refractivity contribution in [2.24, 2.45) is 0 Å². The summed E-state index contributed by atoms with van der Waals surface area (Å²) in [5.74, 6) is 1.52. The average Bonchev–Trinajstić information content (AvgIpc) is 3.22. The number of nitrogens with one attached hydrogen (secondary N) is 1. The Bertz CT molecular complexity index is 939. The van der Waals surface area contributed by atoms with Crippen LogP contribution < -0.4 is 15.0 Å². The molecule has 1 saturated heterocycles. The van der Waals surface area contributed by atoms with Crippen LogP contribution in [0.25, 0.3) is 0 Å². The quantitative estimate of drug-likeness (QED) is 0.715. The Morgan fingerprint density at radius 3 is 2.75 bits per heavy atom. The summed E-state index contributed by atoms with van der Waals surface area (Å²) in [5.41, 5.74) is 1.58. The standard InChI is InChI=1S/C20H21N5O2S/c1-27-16-6-4-5-15(13-16)24-9-11-25(12-10-24)19(26)17-14-28-20(22-17)23-18-7-2-3-8-21-18/h2-8,13-14H,9-12H2,1H3,(H,21,22,23). The number of hydrogen-bond acceptors (Lipinski definition) is 7. The molecule has 1 amide bonds. The minimum atomic E-state index is -0.0318. The summed E-state index contributed by atoms with van der Waals surface area (Å²) >= 11 is 1.40. The lowest BCUT2D eigenvalue weighted by Gasteiger charge is -2.35. The third-order valence-corrected chi connectivity index (χ3v) is 5.37. The number of piperazine rings is 1. The number of carbonyl (C=O) groups is 1. The lowest BCUT2D eigenvalue weighted by atomic mass is 10.2. The molecule has 3 aromatic rings. The molecule has 1 aromatic carbocycles. The smallest absolute Gasteiger partial charge is 0.273 e. The number of pyridine rings is 1. The fraction of sp³-hybridized carbons (Fsp3) is 0.250. The number of methoxy groups -OCH3 is 1. The van der Waals surface area contributed by atoms with Gasteiger partial charge < -0.3 is 19.9 Å². The number of rotatable bonds is 5. The first-order chi connectivity index (χ1) is 13.7. The number of benzene rings is 1. The van der Waals surface area contributed by atoms with Crippen molar-refractivity contribution in [1.82, 2.24) is 14.9 Å². The lowest BCUT2D eigenvalue weighted by Crippen LogP contribution is -2.48. The molecule has 4 rings (SSSR count). The van der Waals surface area contributed by atoms with Crippen LogP contribution in [0.3, 0.4) is 0 Å². The first-order valence-electron chi connectivity index (χ1n) is 9.05. The Hall–Kier alpha value is -3.13. The van der Waals surface area contributed by atoms with Gasteiger partial charge in [-0.25, -0.2) is 9.97 Å². The summed E-state index contributed by atoms with van der Waals surface area (Å²) in [6, 6.07) is 13.6. The van der Waals surface area contributed by atoms with E-state index >= 15 is 0 Å². The largest absolute Gasteiger partial charge is 0.497 e. The number of amides is 1. The predicted octanol–water partition coefficient (Wildman–Crippen LogP) is 3.25. The second-order valence-electron chi connectivity index (χ2n) is 6.36. The summed E-state index contributed by atoms with van der Waals surface area (Å²) in [6.45, 7) is 2.89. The summed E-state index contributed by atoms with van der Waals surface area (Å²) in [7, 11) is 1.67. The van der Waals surface area contributed by atoms with Gasteiger partial charge in [0.1, 0.15) is 17.3 Å². The van der Waals surface area contributed by atoms with Gasteiger partial charge in [-0.2, -0.15) is 0 Å². The van der Waals surface area contributed by atoms with Gasteiger partial charge in [0.05, 0.1) is 7.11 Å². The molecule has 0 aliphatic carbocycles. The highest BCUT2D eigenvalue weighted by atomic mass is 32.1. The third-order valence-electron chi connectivity index (χ3n) is 4.61. The molecule has 1 fully saturated rings.